The Labute approximate surface area is 397 Å². The number of hydrogen-bond acceptors (Lipinski definition) is 5. The van der Waals surface area contributed by atoms with Gasteiger partial charge in [-0.3, -0.25) is 9.59 Å². The Morgan fingerprint density at radius 3 is 1.17 bits per heavy atom. The van der Waals surface area contributed by atoms with Crippen LogP contribution in [0.1, 0.15) is 252 Å². The molecule has 0 aliphatic carbocycles. The molecule has 0 aromatic rings. The van der Waals surface area contributed by atoms with Crippen molar-refractivity contribution in [2.75, 3.05) is 19.8 Å². The van der Waals surface area contributed by atoms with E-state index in [0.29, 0.717) is 19.4 Å². The van der Waals surface area contributed by atoms with Gasteiger partial charge >= 0.3 is 11.9 Å². The van der Waals surface area contributed by atoms with E-state index in [1.165, 1.54) is 116 Å². The maximum absolute atomic E-state index is 12.8. The summed E-state index contributed by atoms with van der Waals surface area (Å²) in [6.45, 7) is 7.62. The molecule has 0 saturated heterocycles. The van der Waals surface area contributed by atoms with E-state index >= 15 is 0 Å². The van der Waals surface area contributed by atoms with E-state index in [4.69, 9.17) is 14.2 Å². The summed E-state index contributed by atoms with van der Waals surface area (Å²) >= 11 is 0. The van der Waals surface area contributed by atoms with Crippen LogP contribution in [0.2, 0.25) is 0 Å². The molecule has 1 atom stereocenters. The number of carbonyl (C=O) groups is 2. The predicted molar refractivity (Wildman–Crippen MR) is 279 cm³/mol. The average molecular weight is 891 g/mol. The topological polar surface area (TPSA) is 61.8 Å². The Morgan fingerprint density at radius 2 is 0.703 bits per heavy atom. The third-order valence-electron chi connectivity index (χ3n) is 11.4. The van der Waals surface area contributed by atoms with Crippen molar-refractivity contribution < 1.29 is 23.8 Å². The summed E-state index contributed by atoms with van der Waals surface area (Å²) in [7, 11) is 0. The first-order valence-corrected chi connectivity index (χ1v) is 27.1. The Kier molecular flexibility index (Phi) is 51.9. The van der Waals surface area contributed by atoms with Crippen molar-refractivity contribution in [3.05, 3.63) is 85.1 Å². The van der Waals surface area contributed by atoms with Gasteiger partial charge in [0.25, 0.3) is 0 Å². The fourth-order valence-electron chi connectivity index (χ4n) is 7.35. The van der Waals surface area contributed by atoms with Crippen LogP contribution in [0.5, 0.6) is 0 Å². The molecule has 0 aliphatic rings. The molecule has 0 spiro atoms. The lowest BCUT2D eigenvalue weighted by Gasteiger charge is -2.18. The van der Waals surface area contributed by atoms with Crippen LogP contribution in [-0.4, -0.2) is 37.9 Å². The third-order valence-corrected chi connectivity index (χ3v) is 11.4. The molecule has 0 aromatic heterocycles. The first kappa shape index (κ1) is 61.1. The normalized spacial score (nSPS) is 12.9. The Balaban J connectivity index is 4.33. The number of hydrogen-bond donors (Lipinski definition) is 0. The summed E-state index contributed by atoms with van der Waals surface area (Å²) in [5.41, 5.74) is 0. The molecular weight excluding hydrogens is 789 g/mol. The van der Waals surface area contributed by atoms with E-state index in [1.807, 2.05) is 0 Å². The van der Waals surface area contributed by atoms with Crippen molar-refractivity contribution in [3.8, 4) is 0 Å². The van der Waals surface area contributed by atoms with Gasteiger partial charge in [0.2, 0.25) is 0 Å². The molecule has 0 bridgehead atoms. The van der Waals surface area contributed by atoms with Crippen LogP contribution >= 0.6 is 0 Å². The highest BCUT2D eigenvalue weighted by Gasteiger charge is 2.17. The average Bonchev–Trinajstić information content (AvgIpc) is 3.30. The lowest BCUT2D eigenvalue weighted by molar-refractivity contribution is -0.163. The van der Waals surface area contributed by atoms with E-state index in [9.17, 15) is 9.59 Å². The lowest BCUT2D eigenvalue weighted by Crippen LogP contribution is -2.30. The Morgan fingerprint density at radius 1 is 0.359 bits per heavy atom. The van der Waals surface area contributed by atoms with Gasteiger partial charge in [0, 0.05) is 19.4 Å². The molecule has 368 valence electrons. The van der Waals surface area contributed by atoms with Gasteiger partial charge < -0.3 is 14.2 Å². The van der Waals surface area contributed by atoms with Gasteiger partial charge in [-0.15, -0.1) is 0 Å². The molecule has 5 nitrogen and oxygen atoms in total. The van der Waals surface area contributed by atoms with Crippen LogP contribution in [0.15, 0.2) is 85.1 Å². The fourth-order valence-corrected chi connectivity index (χ4v) is 7.35. The molecule has 0 radical (unpaired) electrons. The number of ether oxygens (including phenoxy) is 3. The molecule has 0 N–H and O–H groups in total. The third kappa shape index (κ3) is 51.7. The first-order chi connectivity index (χ1) is 31.6. The van der Waals surface area contributed by atoms with Gasteiger partial charge in [0.05, 0.1) is 6.61 Å². The zero-order chi connectivity index (χ0) is 46.3. The Hall–Kier alpha value is -2.92. The summed E-state index contributed by atoms with van der Waals surface area (Å²) in [5, 5.41) is 0. The molecule has 64 heavy (non-hydrogen) atoms. The molecule has 0 fully saturated rings. The van der Waals surface area contributed by atoms with Crippen molar-refractivity contribution in [1.29, 1.82) is 0 Å². The maximum Gasteiger partial charge on any atom is 0.306 e. The molecule has 0 saturated carbocycles. The molecular formula is C59H102O5. The molecule has 1 unspecified atom stereocenters. The summed E-state index contributed by atoms with van der Waals surface area (Å²) in [6, 6.07) is 0. The van der Waals surface area contributed by atoms with E-state index in [1.54, 1.807) is 0 Å². The largest absolute Gasteiger partial charge is 0.462 e. The second-order valence-corrected chi connectivity index (χ2v) is 17.7. The minimum absolute atomic E-state index is 0.0629. The van der Waals surface area contributed by atoms with Crippen molar-refractivity contribution in [2.45, 2.75) is 258 Å². The van der Waals surface area contributed by atoms with Gasteiger partial charge in [0.15, 0.2) is 6.10 Å². The molecule has 0 aliphatic heterocycles. The standard InChI is InChI=1S/C59H102O5/c1-4-7-10-13-16-19-22-25-28-29-30-31-33-34-37-40-43-46-49-52-58(60)63-56-57(55-62-54-51-48-45-42-39-36-27-24-21-18-15-12-9-6-3)64-59(61)53-50-47-44-41-38-35-32-26-23-20-17-14-11-8-5-2/h9,12,16,18-19,21,25-28,30-32,36,57H,4-8,10-11,13-15,17,20,22-24,29,33-35,37-56H2,1-3H3/b12-9-,19-16-,21-18-,28-25-,31-30-,32-26-,36-27-. The minimum Gasteiger partial charge on any atom is -0.462 e. The summed E-state index contributed by atoms with van der Waals surface area (Å²) in [4.78, 5) is 25.5. The number of esters is 2. The second kappa shape index (κ2) is 54.4. The number of rotatable bonds is 49. The van der Waals surface area contributed by atoms with Crippen LogP contribution in [0, 0.1) is 0 Å². The highest BCUT2D eigenvalue weighted by atomic mass is 16.6. The summed E-state index contributed by atoms with van der Waals surface area (Å²) in [6.07, 6.45) is 71.6. The quantitative estimate of drug-likeness (QED) is 0.0346. The zero-order valence-corrected chi connectivity index (χ0v) is 42.3. The highest BCUT2D eigenvalue weighted by Crippen LogP contribution is 2.13. The fraction of sp³-hybridized carbons (Fsp3) is 0.729. The maximum atomic E-state index is 12.8. The SMILES string of the molecule is CC/C=C\C/C=C\C/C=C\CCCCCCOCC(COC(=O)CCCCCCCC/C=C\C/C=C\C/C=C\CCCCC)OC(=O)CCCCCCC/C=C\CCCCCCCC. The summed E-state index contributed by atoms with van der Waals surface area (Å²) < 4.78 is 17.4. The van der Waals surface area contributed by atoms with Crippen LogP contribution in [0.25, 0.3) is 0 Å². The van der Waals surface area contributed by atoms with Crippen LogP contribution in [0.3, 0.4) is 0 Å². The van der Waals surface area contributed by atoms with Gasteiger partial charge in [0.1, 0.15) is 6.61 Å². The highest BCUT2D eigenvalue weighted by molar-refractivity contribution is 5.70. The molecule has 0 heterocycles. The van der Waals surface area contributed by atoms with E-state index in [-0.39, 0.29) is 25.2 Å². The first-order valence-electron chi connectivity index (χ1n) is 27.1. The minimum atomic E-state index is -0.561. The van der Waals surface area contributed by atoms with Crippen molar-refractivity contribution >= 4 is 11.9 Å². The molecule has 5 heteroatoms. The Bertz CT molecular complexity index is 1190. The van der Waals surface area contributed by atoms with Gasteiger partial charge in [-0.05, 0) is 116 Å². The van der Waals surface area contributed by atoms with Gasteiger partial charge in [-0.1, -0.05) is 209 Å². The molecule has 0 aromatic carbocycles. The van der Waals surface area contributed by atoms with Crippen molar-refractivity contribution in [1.82, 2.24) is 0 Å². The molecule has 0 amide bonds. The molecule has 0 rings (SSSR count). The van der Waals surface area contributed by atoms with Gasteiger partial charge in [-0.2, -0.15) is 0 Å². The second-order valence-electron chi connectivity index (χ2n) is 17.7. The number of allylic oxidation sites excluding steroid dienone is 14. The van der Waals surface area contributed by atoms with Gasteiger partial charge in [-0.25, -0.2) is 0 Å². The zero-order valence-electron chi connectivity index (χ0n) is 42.3. The van der Waals surface area contributed by atoms with Crippen LogP contribution < -0.4 is 0 Å². The lowest BCUT2D eigenvalue weighted by atomic mass is 10.1. The van der Waals surface area contributed by atoms with E-state index in [0.717, 1.165) is 103 Å². The van der Waals surface area contributed by atoms with Crippen molar-refractivity contribution in [2.24, 2.45) is 0 Å². The van der Waals surface area contributed by atoms with Crippen LogP contribution in [-0.2, 0) is 23.8 Å². The predicted octanol–water partition coefficient (Wildman–Crippen LogP) is 18.5. The van der Waals surface area contributed by atoms with Crippen molar-refractivity contribution in [3.63, 3.8) is 0 Å². The number of unbranched alkanes of at least 4 members (excludes halogenated alkanes) is 24. The van der Waals surface area contributed by atoms with Crippen LogP contribution in [0.4, 0.5) is 0 Å². The smallest absolute Gasteiger partial charge is 0.306 e. The van der Waals surface area contributed by atoms with E-state index in [2.05, 4.69) is 106 Å². The monoisotopic (exact) mass is 891 g/mol. The summed E-state index contributed by atoms with van der Waals surface area (Å²) in [5.74, 6) is -0.433. The number of carbonyl (C=O) groups excluding carboxylic acids is 2. The van der Waals surface area contributed by atoms with E-state index < -0.39 is 6.10 Å².